The van der Waals surface area contributed by atoms with Gasteiger partial charge in [0.2, 0.25) is 5.91 Å². The number of ether oxygens (including phenoxy) is 1. The van der Waals surface area contributed by atoms with Crippen molar-refractivity contribution in [2.24, 2.45) is 0 Å². The van der Waals surface area contributed by atoms with Crippen molar-refractivity contribution in [3.63, 3.8) is 0 Å². The van der Waals surface area contributed by atoms with Crippen molar-refractivity contribution in [1.82, 2.24) is 5.32 Å². The van der Waals surface area contributed by atoms with Crippen LogP contribution in [0, 0.1) is 0 Å². The molecule has 116 valence electrons. The first kappa shape index (κ1) is 18.1. The van der Waals surface area contributed by atoms with Gasteiger partial charge in [-0.15, -0.1) is 0 Å². The van der Waals surface area contributed by atoms with Gasteiger partial charge in [-0.3, -0.25) is 4.79 Å². The summed E-state index contributed by atoms with van der Waals surface area (Å²) in [5, 5.41) is 5.81. The summed E-state index contributed by atoms with van der Waals surface area (Å²) in [4.78, 5) is 23.8. The molecule has 0 aromatic heterocycles. The van der Waals surface area contributed by atoms with Gasteiger partial charge in [0.15, 0.2) is 0 Å². The Morgan fingerprint density at radius 1 is 1.24 bits per heavy atom. The molecule has 0 atom stereocenters. The zero-order chi connectivity index (χ0) is 16.2. The van der Waals surface area contributed by atoms with Gasteiger partial charge in [-0.1, -0.05) is 15.9 Å². The average molecular weight is 422 g/mol. The second-order valence-electron chi connectivity index (χ2n) is 5.45. The van der Waals surface area contributed by atoms with Crippen LogP contribution < -0.4 is 10.6 Å². The highest BCUT2D eigenvalue weighted by Crippen LogP contribution is 2.31. The first-order valence-electron chi connectivity index (χ1n) is 6.26. The third-order valence-electron chi connectivity index (χ3n) is 2.50. The molecule has 0 saturated heterocycles. The second kappa shape index (κ2) is 7.38. The largest absolute Gasteiger partial charge is 0.465 e. The molecule has 2 N–H and O–H groups in total. The lowest BCUT2D eigenvalue weighted by Crippen LogP contribution is -2.41. The van der Waals surface area contributed by atoms with Crippen molar-refractivity contribution in [1.29, 1.82) is 0 Å². The van der Waals surface area contributed by atoms with E-state index in [1.165, 1.54) is 7.11 Å². The second-order valence-corrected chi connectivity index (χ2v) is 7.22. The minimum absolute atomic E-state index is 0.145. The summed E-state index contributed by atoms with van der Waals surface area (Å²) >= 11 is 6.65. The lowest BCUT2D eigenvalue weighted by Gasteiger charge is -2.20. The van der Waals surface area contributed by atoms with E-state index in [2.05, 4.69) is 42.5 Å². The molecule has 0 saturated carbocycles. The van der Waals surface area contributed by atoms with Crippen LogP contribution in [0.3, 0.4) is 0 Å². The van der Waals surface area contributed by atoms with Crippen LogP contribution >= 0.6 is 31.9 Å². The highest BCUT2D eigenvalue weighted by atomic mass is 79.9. The Morgan fingerprint density at radius 3 is 2.38 bits per heavy atom. The Bertz CT molecular complexity index is 554. The molecule has 1 rings (SSSR count). The molecule has 7 heteroatoms. The highest BCUT2D eigenvalue weighted by Gasteiger charge is 2.19. The van der Waals surface area contributed by atoms with E-state index in [9.17, 15) is 9.59 Å². The average Bonchev–Trinajstić information content (AvgIpc) is 2.37. The zero-order valence-corrected chi connectivity index (χ0v) is 15.5. The third kappa shape index (κ3) is 5.76. The fourth-order valence-electron chi connectivity index (χ4n) is 1.50. The maximum absolute atomic E-state index is 12.0. The van der Waals surface area contributed by atoms with Gasteiger partial charge in [0.1, 0.15) is 0 Å². The summed E-state index contributed by atoms with van der Waals surface area (Å²) in [5.74, 6) is -0.755. The van der Waals surface area contributed by atoms with Gasteiger partial charge in [-0.2, -0.15) is 0 Å². The van der Waals surface area contributed by atoms with Crippen LogP contribution in [0.15, 0.2) is 21.1 Å². The summed E-state index contributed by atoms with van der Waals surface area (Å²) in [6.07, 6.45) is 0. The van der Waals surface area contributed by atoms with Gasteiger partial charge in [-0.05, 0) is 48.8 Å². The van der Waals surface area contributed by atoms with Crippen LogP contribution in [0.2, 0.25) is 0 Å². The minimum Gasteiger partial charge on any atom is -0.465 e. The van der Waals surface area contributed by atoms with Crippen LogP contribution in [0.25, 0.3) is 0 Å². The molecule has 0 fully saturated rings. The molecule has 5 nitrogen and oxygen atoms in total. The molecular weight excluding hydrogens is 404 g/mol. The van der Waals surface area contributed by atoms with Gasteiger partial charge in [-0.25, -0.2) is 4.79 Å². The predicted octanol–water partition coefficient (Wildman–Crippen LogP) is 3.32. The number of hydrogen-bond acceptors (Lipinski definition) is 4. The van der Waals surface area contributed by atoms with Crippen molar-refractivity contribution in [3.05, 3.63) is 26.6 Å². The standard InChI is InChI=1S/C14H18Br2N2O3/c1-14(2,3)17-7-11(19)18-12-9(13(20)21-4)5-8(15)6-10(12)16/h5-6,17H,7H2,1-4H3,(H,18,19). The normalized spacial score (nSPS) is 11.1. The van der Waals surface area contributed by atoms with Gasteiger partial charge in [0.05, 0.1) is 24.9 Å². The van der Waals surface area contributed by atoms with Crippen molar-refractivity contribution < 1.29 is 14.3 Å². The van der Waals surface area contributed by atoms with Crippen molar-refractivity contribution in [3.8, 4) is 0 Å². The van der Waals surface area contributed by atoms with Crippen LogP contribution in [0.1, 0.15) is 31.1 Å². The number of rotatable bonds is 4. The fraction of sp³-hybridized carbons (Fsp3) is 0.429. The van der Waals surface area contributed by atoms with Gasteiger partial charge < -0.3 is 15.4 Å². The Labute approximate surface area is 141 Å². The number of halogens is 2. The van der Waals surface area contributed by atoms with E-state index >= 15 is 0 Å². The molecule has 21 heavy (non-hydrogen) atoms. The molecule has 0 aliphatic carbocycles. The van der Waals surface area contributed by atoms with Crippen molar-refractivity contribution in [2.75, 3.05) is 19.0 Å². The number of carbonyl (C=O) groups is 2. The monoisotopic (exact) mass is 420 g/mol. The van der Waals surface area contributed by atoms with E-state index in [1.807, 2.05) is 20.8 Å². The summed E-state index contributed by atoms with van der Waals surface area (Å²) < 4.78 is 6.04. The van der Waals surface area contributed by atoms with E-state index in [1.54, 1.807) is 12.1 Å². The number of carbonyl (C=O) groups excluding carboxylic acids is 2. The lowest BCUT2D eigenvalue weighted by molar-refractivity contribution is -0.115. The SMILES string of the molecule is COC(=O)c1cc(Br)cc(Br)c1NC(=O)CNC(C)(C)C. The molecule has 1 amide bonds. The number of anilines is 1. The summed E-state index contributed by atoms with van der Waals surface area (Å²) in [6, 6.07) is 3.35. The molecule has 0 aliphatic heterocycles. The molecular formula is C14H18Br2N2O3. The van der Waals surface area contributed by atoms with E-state index in [0.717, 1.165) is 0 Å². The first-order chi connectivity index (χ1) is 9.64. The molecule has 0 radical (unpaired) electrons. The van der Waals surface area contributed by atoms with E-state index in [4.69, 9.17) is 4.74 Å². The van der Waals surface area contributed by atoms with Gasteiger partial charge in [0.25, 0.3) is 0 Å². The summed E-state index contributed by atoms with van der Waals surface area (Å²) in [5.41, 5.74) is 0.507. The maximum atomic E-state index is 12.0. The van der Waals surface area contributed by atoms with Crippen LogP contribution in [-0.2, 0) is 9.53 Å². The summed E-state index contributed by atoms with van der Waals surface area (Å²) in [7, 11) is 1.30. The van der Waals surface area contributed by atoms with E-state index in [-0.39, 0.29) is 23.6 Å². The Balaban J connectivity index is 2.97. The quantitative estimate of drug-likeness (QED) is 0.731. The van der Waals surface area contributed by atoms with E-state index < -0.39 is 5.97 Å². The lowest BCUT2D eigenvalue weighted by atomic mass is 10.1. The van der Waals surface area contributed by atoms with E-state index in [0.29, 0.717) is 14.6 Å². The van der Waals surface area contributed by atoms with Gasteiger partial charge in [0, 0.05) is 14.5 Å². The predicted molar refractivity (Wildman–Crippen MR) is 89.6 cm³/mol. The molecule has 0 spiro atoms. The number of methoxy groups -OCH3 is 1. The van der Waals surface area contributed by atoms with Crippen molar-refractivity contribution in [2.45, 2.75) is 26.3 Å². The number of hydrogen-bond donors (Lipinski definition) is 2. The molecule has 1 aromatic carbocycles. The van der Waals surface area contributed by atoms with Crippen LogP contribution in [0.4, 0.5) is 5.69 Å². The number of benzene rings is 1. The topological polar surface area (TPSA) is 67.4 Å². The minimum atomic E-state index is -0.518. The van der Waals surface area contributed by atoms with Gasteiger partial charge >= 0.3 is 5.97 Å². The smallest absolute Gasteiger partial charge is 0.340 e. The molecule has 0 heterocycles. The summed E-state index contributed by atoms with van der Waals surface area (Å²) in [6.45, 7) is 6.05. The van der Waals surface area contributed by atoms with Crippen LogP contribution in [-0.4, -0.2) is 31.1 Å². The zero-order valence-electron chi connectivity index (χ0n) is 12.3. The first-order valence-corrected chi connectivity index (χ1v) is 7.85. The highest BCUT2D eigenvalue weighted by molar-refractivity contribution is 9.11. The Hall–Kier alpha value is -0.920. The molecule has 0 aliphatic rings. The Morgan fingerprint density at radius 2 is 1.86 bits per heavy atom. The fourth-order valence-corrected chi connectivity index (χ4v) is 2.83. The third-order valence-corrected chi connectivity index (χ3v) is 3.59. The maximum Gasteiger partial charge on any atom is 0.340 e. The van der Waals surface area contributed by atoms with Crippen LogP contribution in [0.5, 0.6) is 0 Å². The number of esters is 1. The number of nitrogens with one attached hydrogen (secondary N) is 2. The Kier molecular flexibility index (Phi) is 6.37. The molecule has 1 aromatic rings. The molecule has 0 unspecified atom stereocenters. The molecule has 0 bridgehead atoms. The number of amides is 1. The van der Waals surface area contributed by atoms with Crippen molar-refractivity contribution >= 4 is 49.4 Å².